The number of nitrogen functional groups attached to an aromatic ring is 1. The number of hydrogen-bond donors (Lipinski definition) is 2. The fourth-order valence-corrected chi connectivity index (χ4v) is 2.90. The van der Waals surface area contributed by atoms with E-state index in [2.05, 4.69) is 4.72 Å². The lowest BCUT2D eigenvalue weighted by molar-refractivity contribution is 0.581. The van der Waals surface area contributed by atoms with Gasteiger partial charge in [0.25, 0.3) is 0 Å². The van der Waals surface area contributed by atoms with Gasteiger partial charge in [0, 0.05) is 6.54 Å². The van der Waals surface area contributed by atoms with Crippen LogP contribution in [0, 0.1) is 12.7 Å². The van der Waals surface area contributed by atoms with Crippen LogP contribution >= 0.6 is 0 Å². The highest BCUT2D eigenvalue weighted by molar-refractivity contribution is 7.89. The van der Waals surface area contributed by atoms with E-state index in [9.17, 15) is 12.8 Å². The molecule has 2 rings (SSSR count). The van der Waals surface area contributed by atoms with Crippen molar-refractivity contribution in [2.45, 2.75) is 18.4 Å². The third-order valence-electron chi connectivity index (χ3n) is 2.83. The highest BCUT2D eigenvalue weighted by Gasteiger charge is 2.16. The first kappa shape index (κ1) is 14.5. The van der Waals surface area contributed by atoms with E-state index in [0.29, 0.717) is 5.56 Å². The zero-order valence-corrected chi connectivity index (χ0v) is 11.7. The first-order chi connectivity index (χ1) is 9.38. The molecule has 6 heteroatoms. The molecule has 0 aliphatic rings. The molecule has 0 saturated carbocycles. The highest BCUT2D eigenvalue weighted by Crippen LogP contribution is 2.19. The molecule has 0 unspecified atom stereocenters. The molecule has 0 fully saturated rings. The van der Waals surface area contributed by atoms with Gasteiger partial charge in [0.2, 0.25) is 10.0 Å². The third-order valence-corrected chi connectivity index (χ3v) is 4.31. The van der Waals surface area contributed by atoms with Crippen LogP contribution in [-0.4, -0.2) is 8.42 Å². The van der Waals surface area contributed by atoms with Gasteiger partial charge < -0.3 is 5.73 Å². The monoisotopic (exact) mass is 294 g/mol. The average Bonchev–Trinajstić information content (AvgIpc) is 2.37. The Morgan fingerprint density at radius 2 is 1.80 bits per heavy atom. The van der Waals surface area contributed by atoms with Crippen LogP contribution in [0.4, 0.5) is 10.1 Å². The van der Waals surface area contributed by atoms with E-state index in [1.54, 1.807) is 12.1 Å². The van der Waals surface area contributed by atoms with Crippen molar-refractivity contribution < 1.29 is 12.8 Å². The smallest absolute Gasteiger partial charge is 0.242 e. The largest absolute Gasteiger partial charge is 0.398 e. The molecule has 2 aromatic carbocycles. The van der Waals surface area contributed by atoms with Gasteiger partial charge in [-0.25, -0.2) is 17.5 Å². The highest BCUT2D eigenvalue weighted by atomic mass is 32.2. The molecule has 106 valence electrons. The zero-order valence-electron chi connectivity index (χ0n) is 10.9. The van der Waals surface area contributed by atoms with E-state index >= 15 is 0 Å². The molecule has 2 aromatic rings. The van der Waals surface area contributed by atoms with Crippen molar-refractivity contribution in [3.8, 4) is 0 Å². The molecule has 0 radical (unpaired) electrons. The Morgan fingerprint density at radius 3 is 2.40 bits per heavy atom. The summed E-state index contributed by atoms with van der Waals surface area (Å²) in [5, 5.41) is 0. The minimum absolute atomic E-state index is 0.0465. The van der Waals surface area contributed by atoms with Crippen LogP contribution in [0.3, 0.4) is 0 Å². The summed E-state index contributed by atoms with van der Waals surface area (Å²) in [4.78, 5) is 0.0465. The average molecular weight is 294 g/mol. The lowest BCUT2D eigenvalue weighted by Gasteiger charge is -2.09. The van der Waals surface area contributed by atoms with Crippen molar-refractivity contribution in [2.75, 3.05) is 5.73 Å². The molecular formula is C14H15FN2O2S. The van der Waals surface area contributed by atoms with Crippen molar-refractivity contribution in [3.05, 3.63) is 59.4 Å². The van der Waals surface area contributed by atoms with E-state index in [4.69, 9.17) is 5.73 Å². The topological polar surface area (TPSA) is 72.2 Å². The summed E-state index contributed by atoms with van der Waals surface area (Å²) in [7, 11) is -3.68. The molecule has 0 heterocycles. The second kappa shape index (κ2) is 5.60. The van der Waals surface area contributed by atoms with Gasteiger partial charge in [-0.3, -0.25) is 0 Å². The minimum Gasteiger partial charge on any atom is -0.398 e. The van der Waals surface area contributed by atoms with Crippen molar-refractivity contribution >= 4 is 15.7 Å². The number of aryl methyl sites for hydroxylation is 1. The Hall–Kier alpha value is -1.92. The molecule has 20 heavy (non-hydrogen) atoms. The van der Waals surface area contributed by atoms with Gasteiger partial charge in [-0.1, -0.05) is 18.2 Å². The number of halogens is 1. The van der Waals surface area contributed by atoms with Crippen LogP contribution in [-0.2, 0) is 16.6 Å². The summed E-state index contributed by atoms with van der Waals surface area (Å²) in [6, 6.07) is 10.4. The molecule has 4 nitrogen and oxygen atoms in total. The second-order valence-electron chi connectivity index (χ2n) is 4.49. The predicted molar refractivity (Wildman–Crippen MR) is 76.0 cm³/mol. The maximum Gasteiger partial charge on any atom is 0.242 e. The maximum atomic E-state index is 12.8. The van der Waals surface area contributed by atoms with Crippen molar-refractivity contribution in [1.29, 1.82) is 0 Å². The lowest BCUT2D eigenvalue weighted by atomic mass is 10.2. The molecule has 0 aliphatic heterocycles. The van der Waals surface area contributed by atoms with E-state index < -0.39 is 10.0 Å². The summed E-state index contributed by atoms with van der Waals surface area (Å²) in [6.07, 6.45) is 0. The summed E-state index contributed by atoms with van der Waals surface area (Å²) >= 11 is 0. The quantitative estimate of drug-likeness (QED) is 0.849. The van der Waals surface area contributed by atoms with E-state index in [1.807, 2.05) is 6.92 Å². The van der Waals surface area contributed by atoms with Crippen molar-refractivity contribution in [3.63, 3.8) is 0 Å². The summed E-state index contributed by atoms with van der Waals surface area (Å²) < 4.78 is 39.5. The van der Waals surface area contributed by atoms with Gasteiger partial charge in [0.05, 0.1) is 5.69 Å². The molecule has 0 aliphatic carbocycles. The number of benzene rings is 2. The fraction of sp³-hybridized carbons (Fsp3) is 0.143. The van der Waals surface area contributed by atoms with E-state index in [-0.39, 0.29) is 22.9 Å². The van der Waals surface area contributed by atoms with Crippen LogP contribution in [0.2, 0.25) is 0 Å². The maximum absolute atomic E-state index is 12.8. The Kier molecular flexibility index (Phi) is 4.06. The summed E-state index contributed by atoms with van der Waals surface area (Å²) in [5.41, 5.74) is 7.49. The Morgan fingerprint density at radius 1 is 1.15 bits per heavy atom. The standard InChI is InChI=1S/C14H15FN2O2S/c1-10-2-7-14(13(16)8-10)20(18,19)17-9-11-3-5-12(15)6-4-11/h2-8,17H,9,16H2,1H3. The van der Waals surface area contributed by atoms with E-state index in [0.717, 1.165) is 5.56 Å². The van der Waals surface area contributed by atoms with Gasteiger partial charge in [0.1, 0.15) is 10.7 Å². The Bertz CT molecular complexity index is 712. The Balaban J connectivity index is 2.17. The van der Waals surface area contributed by atoms with Crippen molar-refractivity contribution in [2.24, 2.45) is 0 Å². The van der Waals surface area contributed by atoms with E-state index in [1.165, 1.54) is 30.3 Å². The Labute approximate surface area is 117 Å². The fourth-order valence-electron chi connectivity index (χ4n) is 1.77. The number of nitrogens with two attached hydrogens (primary N) is 1. The third kappa shape index (κ3) is 3.34. The lowest BCUT2D eigenvalue weighted by Crippen LogP contribution is -2.24. The molecule has 0 saturated heterocycles. The first-order valence-electron chi connectivity index (χ1n) is 5.99. The zero-order chi connectivity index (χ0) is 14.8. The second-order valence-corrected chi connectivity index (χ2v) is 6.23. The first-order valence-corrected chi connectivity index (χ1v) is 7.47. The molecule has 3 N–H and O–H groups in total. The molecule has 0 bridgehead atoms. The van der Waals surface area contributed by atoms with Crippen LogP contribution in [0.15, 0.2) is 47.4 Å². The van der Waals surface area contributed by atoms with Gasteiger partial charge in [0.15, 0.2) is 0 Å². The summed E-state index contributed by atoms with van der Waals surface area (Å²) in [6.45, 7) is 1.91. The molecule has 0 amide bonds. The molecular weight excluding hydrogens is 279 g/mol. The van der Waals surface area contributed by atoms with Gasteiger partial charge in [-0.05, 0) is 42.3 Å². The summed E-state index contributed by atoms with van der Waals surface area (Å²) in [5.74, 6) is -0.362. The number of rotatable bonds is 4. The number of nitrogens with one attached hydrogen (secondary N) is 1. The van der Waals surface area contributed by atoms with Crippen LogP contribution in [0.25, 0.3) is 0 Å². The SMILES string of the molecule is Cc1ccc(S(=O)(=O)NCc2ccc(F)cc2)c(N)c1. The van der Waals surface area contributed by atoms with Crippen LogP contribution in [0.1, 0.15) is 11.1 Å². The molecule has 0 aromatic heterocycles. The molecule has 0 spiro atoms. The van der Waals surface area contributed by atoms with Gasteiger partial charge in [-0.15, -0.1) is 0 Å². The normalized spacial score (nSPS) is 11.5. The predicted octanol–water partition coefficient (Wildman–Crippen LogP) is 2.19. The molecule has 0 atom stereocenters. The van der Waals surface area contributed by atoms with Crippen LogP contribution < -0.4 is 10.5 Å². The number of anilines is 1. The van der Waals surface area contributed by atoms with Crippen molar-refractivity contribution in [1.82, 2.24) is 4.72 Å². The minimum atomic E-state index is -3.68. The van der Waals surface area contributed by atoms with Crippen LogP contribution in [0.5, 0.6) is 0 Å². The number of hydrogen-bond acceptors (Lipinski definition) is 3. The van der Waals surface area contributed by atoms with Gasteiger partial charge in [-0.2, -0.15) is 0 Å². The van der Waals surface area contributed by atoms with Gasteiger partial charge >= 0.3 is 0 Å². The number of sulfonamides is 1.